The molecule has 1 heterocycles. The molecule has 0 N–H and O–H groups in total. The third-order valence-electron chi connectivity index (χ3n) is 10.4. The predicted molar refractivity (Wildman–Crippen MR) is 206 cm³/mol. The second-order valence-corrected chi connectivity index (χ2v) is 13.1. The fourth-order valence-corrected chi connectivity index (χ4v) is 8.27. The van der Waals surface area contributed by atoms with Gasteiger partial charge in [0.25, 0.3) is 0 Å². The zero-order valence-electron chi connectivity index (χ0n) is 26.9. The van der Waals surface area contributed by atoms with Crippen LogP contribution in [-0.2, 0) is 0 Å². The van der Waals surface area contributed by atoms with Gasteiger partial charge in [-0.3, -0.25) is 0 Å². The van der Waals surface area contributed by atoms with E-state index in [1.165, 1.54) is 82.4 Å². The molecule has 0 aromatic heterocycles. The summed E-state index contributed by atoms with van der Waals surface area (Å²) < 4.78 is 6.64. The van der Waals surface area contributed by atoms with Gasteiger partial charge in [-0.05, 0) is 107 Å². The first-order valence-electron chi connectivity index (χ1n) is 17.1. The van der Waals surface area contributed by atoms with E-state index < -0.39 is 0 Å². The summed E-state index contributed by atoms with van der Waals surface area (Å²) in [6.07, 6.45) is 6.68. The molecule has 230 valence electrons. The van der Waals surface area contributed by atoms with E-state index >= 15 is 0 Å². The highest BCUT2D eigenvalue weighted by Crippen LogP contribution is 2.53. The maximum Gasteiger partial charge on any atom is 0.128 e. The molecule has 0 radical (unpaired) electrons. The molecule has 10 rings (SSSR count). The molecular weight excluding hydrogens is 593 g/mol. The van der Waals surface area contributed by atoms with E-state index in [4.69, 9.17) is 4.74 Å². The van der Waals surface area contributed by atoms with Crippen LogP contribution in [0.4, 0.5) is 0 Å². The summed E-state index contributed by atoms with van der Waals surface area (Å²) in [6.45, 7) is 0. The Labute approximate surface area is 286 Å². The third kappa shape index (κ3) is 4.47. The lowest BCUT2D eigenvalue weighted by atomic mass is 9.76. The van der Waals surface area contributed by atoms with E-state index in [1.807, 2.05) is 0 Å². The largest absolute Gasteiger partial charge is 0.485 e. The van der Waals surface area contributed by atoms with Crippen molar-refractivity contribution in [2.75, 3.05) is 0 Å². The van der Waals surface area contributed by atoms with Gasteiger partial charge in [0.2, 0.25) is 0 Å². The van der Waals surface area contributed by atoms with Crippen LogP contribution in [0.3, 0.4) is 0 Å². The molecule has 1 nitrogen and oxygen atoms in total. The van der Waals surface area contributed by atoms with Crippen LogP contribution in [0, 0.1) is 0 Å². The Morgan fingerprint density at radius 3 is 1.71 bits per heavy atom. The molecule has 0 saturated carbocycles. The van der Waals surface area contributed by atoms with Gasteiger partial charge in [-0.2, -0.15) is 0 Å². The number of rotatable bonds is 4. The van der Waals surface area contributed by atoms with Gasteiger partial charge in [-0.15, -0.1) is 0 Å². The molecule has 8 aromatic rings. The molecule has 1 aliphatic carbocycles. The maximum atomic E-state index is 6.64. The van der Waals surface area contributed by atoms with Gasteiger partial charge in [0.05, 0.1) is 5.92 Å². The Balaban J connectivity index is 1.23. The van der Waals surface area contributed by atoms with Crippen molar-refractivity contribution in [3.05, 3.63) is 193 Å². The maximum absolute atomic E-state index is 6.64. The van der Waals surface area contributed by atoms with Crippen molar-refractivity contribution in [2.45, 2.75) is 12.0 Å². The molecule has 49 heavy (non-hydrogen) atoms. The standard InChI is InChI=1S/C48H32O/c1-3-14-31(15-4-1)33-26-27-44-43(29-33)48-41(24-13-25-45(48)49-44)47-39-22-11-9-20-37(39)46(38-21-10-12-23-40(38)47)35-28-34-18-7-8-19-36(34)42(30-35)32-16-5-2-6-17-32/h1-30,45,48H. The molecule has 0 saturated heterocycles. The second kappa shape index (κ2) is 11.2. The second-order valence-electron chi connectivity index (χ2n) is 13.1. The van der Waals surface area contributed by atoms with Crippen molar-refractivity contribution in [1.29, 1.82) is 0 Å². The number of hydrogen-bond donors (Lipinski definition) is 0. The van der Waals surface area contributed by atoms with Crippen molar-refractivity contribution in [3.63, 3.8) is 0 Å². The first kappa shape index (κ1) is 27.9. The summed E-state index contributed by atoms with van der Waals surface area (Å²) in [4.78, 5) is 0. The minimum Gasteiger partial charge on any atom is -0.485 e. The zero-order valence-corrected chi connectivity index (χ0v) is 26.9. The van der Waals surface area contributed by atoms with Gasteiger partial charge >= 0.3 is 0 Å². The fourth-order valence-electron chi connectivity index (χ4n) is 8.27. The minimum absolute atomic E-state index is 0.0489. The van der Waals surface area contributed by atoms with Crippen molar-refractivity contribution in [1.82, 2.24) is 0 Å². The summed E-state index contributed by atoms with van der Waals surface area (Å²) in [7, 11) is 0. The highest BCUT2D eigenvalue weighted by molar-refractivity contribution is 6.20. The first-order chi connectivity index (χ1) is 24.3. The summed E-state index contributed by atoms with van der Waals surface area (Å²) in [5.41, 5.74) is 11.3. The van der Waals surface area contributed by atoms with E-state index in [9.17, 15) is 0 Å². The number of allylic oxidation sites excluding steroid dienone is 2. The summed E-state index contributed by atoms with van der Waals surface area (Å²) in [5, 5.41) is 7.55. The molecule has 1 heteroatoms. The van der Waals surface area contributed by atoms with E-state index in [1.54, 1.807) is 0 Å². The molecule has 0 bridgehead atoms. The highest BCUT2D eigenvalue weighted by atomic mass is 16.5. The summed E-state index contributed by atoms with van der Waals surface area (Å²) >= 11 is 0. The number of hydrogen-bond acceptors (Lipinski definition) is 1. The van der Waals surface area contributed by atoms with Gasteiger partial charge in [0.1, 0.15) is 11.9 Å². The summed E-state index contributed by atoms with van der Waals surface area (Å²) in [6, 6.07) is 59.6. The number of benzene rings is 8. The van der Waals surface area contributed by atoms with Gasteiger partial charge in [-0.1, -0.05) is 152 Å². The molecule has 2 atom stereocenters. The molecule has 2 aliphatic rings. The number of ether oxygens (including phenoxy) is 1. The summed E-state index contributed by atoms with van der Waals surface area (Å²) in [5.74, 6) is 1.06. The lowest BCUT2D eigenvalue weighted by Gasteiger charge is -2.26. The minimum atomic E-state index is -0.0489. The van der Waals surface area contributed by atoms with E-state index in [0.29, 0.717) is 0 Å². The van der Waals surface area contributed by atoms with Crippen LogP contribution in [0.15, 0.2) is 182 Å². The van der Waals surface area contributed by atoms with Crippen molar-refractivity contribution in [2.24, 2.45) is 0 Å². The van der Waals surface area contributed by atoms with E-state index in [2.05, 4.69) is 182 Å². The SMILES string of the molecule is C1=CC2Oc3ccc(-c4ccccc4)cc3C2C(c2c3ccccc3c(-c3cc(-c4ccccc4)c4ccccc4c3)c3ccccc23)=C1. The van der Waals surface area contributed by atoms with Crippen LogP contribution in [0.2, 0.25) is 0 Å². The Bertz CT molecular complexity index is 2570. The molecule has 8 aromatic carbocycles. The lowest BCUT2D eigenvalue weighted by Crippen LogP contribution is -2.19. The predicted octanol–water partition coefficient (Wildman–Crippen LogP) is 12.6. The molecule has 0 spiro atoms. The van der Waals surface area contributed by atoms with Crippen LogP contribution < -0.4 is 4.74 Å². The average Bonchev–Trinajstić information content (AvgIpc) is 3.55. The number of fused-ring (bicyclic) bond motifs is 6. The molecular formula is C48H32O. The van der Waals surface area contributed by atoms with Crippen molar-refractivity contribution < 1.29 is 4.74 Å². The highest BCUT2D eigenvalue weighted by Gasteiger charge is 2.38. The lowest BCUT2D eigenvalue weighted by molar-refractivity contribution is 0.272. The molecule has 0 fully saturated rings. The van der Waals surface area contributed by atoms with Crippen LogP contribution >= 0.6 is 0 Å². The van der Waals surface area contributed by atoms with E-state index in [-0.39, 0.29) is 12.0 Å². The van der Waals surface area contributed by atoms with Gasteiger partial charge < -0.3 is 4.74 Å². The van der Waals surface area contributed by atoms with E-state index in [0.717, 1.165) is 5.75 Å². The Morgan fingerprint density at radius 2 is 1.02 bits per heavy atom. The monoisotopic (exact) mass is 624 g/mol. The van der Waals surface area contributed by atoms with Crippen LogP contribution in [0.25, 0.3) is 71.3 Å². The third-order valence-corrected chi connectivity index (χ3v) is 10.4. The van der Waals surface area contributed by atoms with Gasteiger partial charge in [0.15, 0.2) is 0 Å². The zero-order chi connectivity index (χ0) is 32.3. The molecule has 2 unspecified atom stereocenters. The normalized spacial score (nSPS) is 16.4. The van der Waals surface area contributed by atoms with Gasteiger partial charge in [-0.25, -0.2) is 0 Å². The van der Waals surface area contributed by atoms with Crippen molar-refractivity contribution >= 4 is 37.9 Å². The average molecular weight is 625 g/mol. The van der Waals surface area contributed by atoms with Crippen LogP contribution in [0.5, 0.6) is 5.75 Å². The Hall–Kier alpha value is -6.18. The smallest absolute Gasteiger partial charge is 0.128 e. The molecule has 1 aliphatic heterocycles. The Morgan fingerprint density at radius 1 is 0.429 bits per heavy atom. The Kier molecular flexibility index (Phi) is 6.38. The van der Waals surface area contributed by atoms with Crippen molar-refractivity contribution in [3.8, 4) is 39.1 Å². The first-order valence-corrected chi connectivity index (χ1v) is 17.1. The topological polar surface area (TPSA) is 9.23 Å². The quantitative estimate of drug-likeness (QED) is 0.177. The fraction of sp³-hybridized carbons (Fsp3) is 0.0417. The molecule has 0 amide bonds. The van der Waals surface area contributed by atoms with Gasteiger partial charge in [0, 0.05) is 5.56 Å². The van der Waals surface area contributed by atoms with Crippen LogP contribution in [0.1, 0.15) is 17.0 Å². The van der Waals surface area contributed by atoms with Crippen LogP contribution in [-0.4, -0.2) is 6.10 Å².